The second-order valence-electron chi connectivity index (χ2n) is 11.6. The number of phenolic OH excluding ortho intramolecular Hbond substituents is 2. The van der Waals surface area contributed by atoms with Crippen molar-refractivity contribution in [1.29, 1.82) is 0 Å². The Bertz CT molecular complexity index is 858. The number of nitrogens with zero attached hydrogens (tertiary/aromatic N) is 2. The highest BCUT2D eigenvalue weighted by Gasteiger charge is 2.19. The first-order chi connectivity index (χ1) is 14.6. The fourth-order valence-corrected chi connectivity index (χ4v) is 3.89. The van der Waals surface area contributed by atoms with E-state index in [0.29, 0.717) is 24.6 Å². The Morgan fingerprint density at radius 3 is 1.22 bits per heavy atom. The predicted molar refractivity (Wildman–Crippen MR) is 136 cm³/mol. The van der Waals surface area contributed by atoms with E-state index in [2.05, 4.69) is 89.7 Å². The third-order valence-electron chi connectivity index (χ3n) is 6.23. The van der Waals surface area contributed by atoms with Gasteiger partial charge in [-0.2, -0.15) is 0 Å². The number of phenols is 2. The van der Waals surface area contributed by atoms with Gasteiger partial charge in [0, 0.05) is 37.3 Å². The lowest BCUT2D eigenvalue weighted by Crippen LogP contribution is -2.30. The largest absolute Gasteiger partial charge is 0.507 e. The molecule has 0 atom stereocenters. The molecule has 2 aromatic rings. The minimum absolute atomic E-state index is 0.0493. The molecular weight excluding hydrogens is 396 g/mol. The highest BCUT2D eigenvalue weighted by Crippen LogP contribution is 2.32. The van der Waals surface area contributed by atoms with Gasteiger partial charge in [-0.05, 0) is 61.0 Å². The van der Waals surface area contributed by atoms with Crippen LogP contribution in [-0.2, 0) is 23.9 Å². The molecule has 2 N–H and O–H groups in total. The summed E-state index contributed by atoms with van der Waals surface area (Å²) >= 11 is 0. The maximum absolute atomic E-state index is 10.6. The van der Waals surface area contributed by atoms with Crippen LogP contribution in [0.2, 0.25) is 0 Å². The Labute approximate surface area is 195 Å². The Morgan fingerprint density at radius 1 is 0.625 bits per heavy atom. The van der Waals surface area contributed by atoms with E-state index in [0.717, 1.165) is 35.3 Å². The quantitative estimate of drug-likeness (QED) is 0.565. The van der Waals surface area contributed by atoms with Crippen LogP contribution in [0.25, 0.3) is 0 Å². The number of aromatic hydroxyl groups is 2. The molecule has 0 amide bonds. The molecule has 0 aliphatic heterocycles. The number of likely N-dealkylation sites (N-methyl/N-ethyl adjacent to an activating group) is 2. The van der Waals surface area contributed by atoms with Gasteiger partial charge >= 0.3 is 0 Å². The van der Waals surface area contributed by atoms with Crippen molar-refractivity contribution in [2.75, 3.05) is 27.2 Å². The van der Waals surface area contributed by atoms with Crippen LogP contribution < -0.4 is 0 Å². The molecule has 4 nitrogen and oxygen atoms in total. The Kier molecular flexibility index (Phi) is 8.06. The molecule has 178 valence electrons. The van der Waals surface area contributed by atoms with E-state index in [1.807, 2.05) is 13.8 Å². The van der Waals surface area contributed by atoms with E-state index in [1.54, 1.807) is 0 Å². The van der Waals surface area contributed by atoms with Crippen LogP contribution in [-0.4, -0.2) is 47.2 Å². The van der Waals surface area contributed by atoms with Crippen molar-refractivity contribution in [2.45, 2.75) is 79.3 Å². The molecule has 0 aliphatic carbocycles. The molecule has 0 saturated heterocycles. The Balaban J connectivity index is 2.05. The van der Waals surface area contributed by atoms with E-state index in [4.69, 9.17) is 0 Å². The average molecular weight is 441 g/mol. The van der Waals surface area contributed by atoms with Crippen LogP contribution in [0, 0.1) is 13.8 Å². The van der Waals surface area contributed by atoms with E-state index < -0.39 is 0 Å². The monoisotopic (exact) mass is 440 g/mol. The standard InChI is InChI=1S/C28H44N2O2/c1-19-13-23(27(3,4)5)15-21(25(19)31)17-29(9)11-12-30(10)18-22-16-24(28(6,7)8)14-20(2)26(22)32/h13-16,31-32H,11-12,17-18H2,1-10H3. The minimum Gasteiger partial charge on any atom is -0.507 e. The molecule has 0 fully saturated rings. The first-order valence-corrected chi connectivity index (χ1v) is 11.6. The summed E-state index contributed by atoms with van der Waals surface area (Å²) in [6.07, 6.45) is 0. The lowest BCUT2D eigenvalue weighted by molar-refractivity contribution is 0.243. The Hall–Kier alpha value is -2.04. The van der Waals surface area contributed by atoms with Crippen LogP contribution in [0.3, 0.4) is 0 Å². The SMILES string of the molecule is Cc1cc(C(C)(C)C)cc(CN(C)CCN(C)Cc2cc(C(C)(C)C)cc(C)c2O)c1O. The fourth-order valence-electron chi connectivity index (χ4n) is 3.89. The zero-order chi connectivity index (χ0) is 24.4. The molecule has 4 heteroatoms. The fraction of sp³-hybridized carbons (Fsp3) is 0.571. The molecule has 32 heavy (non-hydrogen) atoms. The van der Waals surface area contributed by atoms with Crippen LogP contribution in [0.15, 0.2) is 24.3 Å². The summed E-state index contributed by atoms with van der Waals surface area (Å²) in [7, 11) is 4.18. The summed E-state index contributed by atoms with van der Waals surface area (Å²) in [6.45, 7) is 20.3. The van der Waals surface area contributed by atoms with E-state index in [1.165, 1.54) is 11.1 Å². The molecule has 0 heterocycles. The molecule has 0 saturated carbocycles. The molecule has 0 unspecified atom stereocenters. The Morgan fingerprint density at radius 2 is 0.938 bits per heavy atom. The smallest absolute Gasteiger partial charge is 0.122 e. The first kappa shape index (κ1) is 26.2. The summed E-state index contributed by atoms with van der Waals surface area (Å²) < 4.78 is 0. The van der Waals surface area contributed by atoms with Gasteiger partial charge in [0.15, 0.2) is 0 Å². The third kappa shape index (κ3) is 6.73. The number of aryl methyl sites for hydroxylation is 2. The topological polar surface area (TPSA) is 46.9 Å². The van der Waals surface area contributed by atoms with Gasteiger partial charge in [-0.3, -0.25) is 0 Å². The van der Waals surface area contributed by atoms with Gasteiger partial charge in [-0.1, -0.05) is 65.8 Å². The molecule has 0 aliphatic rings. The van der Waals surface area contributed by atoms with Crippen molar-refractivity contribution < 1.29 is 10.2 Å². The van der Waals surface area contributed by atoms with Crippen LogP contribution in [0.4, 0.5) is 0 Å². The highest BCUT2D eigenvalue weighted by molar-refractivity contribution is 5.46. The first-order valence-electron chi connectivity index (χ1n) is 11.6. The predicted octanol–water partition coefficient (Wildman–Crippen LogP) is 5.87. The molecular formula is C28H44N2O2. The normalized spacial score (nSPS) is 12.8. The van der Waals surface area contributed by atoms with Gasteiger partial charge in [-0.25, -0.2) is 0 Å². The molecule has 2 rings (SSSR count). The van der Waals surface area contributed by atoms with Crippen molar-refractivity contribution >= 4 is 0 Å². The molecule has 0 aromatic heterocycles. The lowest BCUT2D eigenvalue weighted by atomic mass is 9.84. The minimum atomic E-state index is 0.0493. The van der Waals surface area contributed by atoms with E-state index in [9.17, 15) is 10.2 Å². The van der Waals surface area contributed by atoms with Crippen LogP contribution in [0.1, 0.15) is 74.9 Å². The van der Waals surface area contributed by atoms with Crippen LogP contribution in [0.5, 0.6) is 11.5 Å². The van der Waals surface area contributed by atoms with E-state index in [-0.39, 0.29) is 10.8 Å². The van der Waals surface area contributed by atoms with Crippen molar-refractivity contribution in [3.63, 3.8) is 0 Å². The lowest BCUT2D eigenvalue weighted by Gasteiger charge is -2.26. The van der Waals surface area contributed by atoms with E-state index >= 15 is 0 Å². The van der Waals surface area contributed by atoms with Gasteiger partial charge in [-0.15, -0.1) is 0 Å². The van der Waals surface area contributed by atoms with Crippen molar-refractivity contribution in [3.05, 3.63) is 57.6 Å². The molecule has 2 aromatic carbocycles. The highest BCUT2D eigenvalue weighted by atomic mass is 16.3. The number of rotatable bonds is 7. The van der Waals surface area contributed by atoms with Gasteiger partial charge in [0.25, 0.3) is 0 Å². The maximum atomic E-state index is 10.6. The van der Waals surface area contributed by atoms with Crippen LogP contribution >= 0.6 is 0 Å². The number of benzene rings is 2. The summed E-state index contributed by atoms with van der Waals surface area (Å²) in [5.74, 6) is 0.801. The van der Waals surface area contributed by atoms with Gasteiger partial charge in [0.1, 0.15) is 11.5 Å². The zero-order valence-electron chi connectivity index (χ0n) is 21.9. The van der Waals surface area contributed by atoms with Crippen molar-refractivity contribution in [3.8, 4) is 11.5 Å². The van der Waals surface area contributed by atoms with Gasteiger partial charge in [0.05, 0.1) is 0 Å². The number of hydrogen-bond donors (Lipinski definition) is 2. The average Bonchev–Trinajstić information content (AvgIpc) is 2.65. The van der Waals surface area contributed by atoms with Crippen molar-refractivity contribution in [2.24, 2.45) is 0 Å². The second-order valence-corrected chi connectivity index (χ2v) is 11.6. The van der Waals surface area contributed by atoms with Gasteiger partial charge < -0.3 is 20.0 Å². The summed E-state index contributed by atoms with van der Waals surface area (Å²) in [4.78, 5) is 4.49. The maximum Gasteiger partial charge on any atom is 0.122 e. The summed E-state index contributed by atoms with van der Waals surface area (Å²) in [5.41, 5.74) is 6.42. The molecule has 0 spiro atoms. The number of hydrogen-bond acceptors (Lipinski definition) is 4. The summed E-state index contributed by atoms with van der Waals surface area (Å²) in [5, 5.41) is 21.2. The van der Waals surface area contributed by atoms with Gasteiger partial charge in [0.2, 0.25) is 0 Å². The molecule has 0 bridgehead atoms. The summed E-state index contributed by atoms with van der Waals surface area (Å²) in [6, 6.07) is 8.46. The zero-order valence-corrected chi connectivity index (χ0v) is 21.9. The molecule has 0 radical (unpaired) electrons. The third-order valence-corrected chi connectivity index (χ3v) is 6.23. The van der Waals surface area contributed by atoms with Crippen molar-refractivity contribution in [1.82, 2.24) is 9.80 Å². The second kappa shape index (κ2) is 9.84.